The summed E-state index contributed by atoms with van der Waals surface area (Å²) in [6.07, 6.45) is 1.17. The Hall–Kier alpha value is -0.700. The van der Waals surface area contributed by atoms with Crippen molar-refractivity contribution in [2.45, 2.75) is 19.4 Å². The zero-order valence-corrected chi connectivity index (χ0v) is 8.39. The molecule has 12 heavy (non-hydrogen) atoms. The van der Waals surface area contributed by atoms with E-state index in [4.69, 9.17) is 10.5 Å². The third-order valence-corrected chi connectivity index (χ3v) is 2.68. The smallest absolute Gasteiger partial charge is 0.139 e. The summed E-state index contributed by atoms with van der Waals surface area (Å²) in [4.78, 5) is 0. The molecule has 3 heteroatoms. The fourth-order valence-corrected chi connectivity index (χ4v) is 1.95. The highest BCUT2D eigenvalue weighted by atomic mass is 79.9. The zero-order chi connectivity index (χ0) is 8.72. The van der Waals surface area contributed by atoms with E-state index < -0.39 is 0 Å². The minimum atomic E-state index is 0.251. The van der Waals surface area contributed by atoms with Crippen LogP contribution in [0, 0.1) is 0 Å². The molecule has 0 radical (unpaired) electrons. The number of hydrogen-bond donors (Lipinski definition) is 1. The summed E-state index contributed by atoms with van der Waals surface area (Å²) in [5.74, 6) is 0.919. The van der Waals surface area contributed by atoms with E-state index in [9.17, 15) is 0 Å². The summed E-state index contributed by atoms with van der Waals surface area (Å²) in [6, 6.07) is 3.83. The number of benzene rings is 1. The lowest BCUT2D eigenvalue weighted by atomic mass is 10.1. The Balaban J connectivity index is 2.56. The zero-order valence-electron chi connectivity index (χ0n) is 6.80. The largest absolute Gasteiger partial charge is 0.489 e. The van der Waals surface area contributed by atoms with Gasteiger partial charge in [-0.3, -0.25) is 0 Å². The molecule has 1 aliphatic rings. The fourth-order valence-electron chi connectivity index (χ4n) is 1.48. The second-order valence-corrected chi connectivity index (χ2v) is 3.93. The van der Waals surface area contributed by atoms with Gasteiger partial charge in [-0.05, 0) is 35.0 Å². The highest BCUT2D eigenvalue weighted by Crippen LogP contribution is 2.39. The SMILES string of the molecule is CC1Cc2c(N)ccc(Br)c2O1. The van der Waals surface area contributed by atoms with Crippen molar-refractivity contribution >= 4 is 21.6 Å². The van der Waals surface area contributed by atoms with Gasteiger partial charge < -0.3 is 10.5 Å². The van der Waals surface area contributed by atoms with Gasteiger partial charge in [-0.15, -0.1) is 0 Å². The summed E-state index contributed by atoms with van der Waals surface area (Å²) in [7, 11) is 0. The average molecular weight is 228 g/mol. The number of fused-ring (bicyclic) bond motifs is 1. The van der Waals surface area contributed by atoms with E-state index in [1.807, 2.05) is 19.1 Å². The molecule has 64 valence electrons. The number of nitrogens with two attached hydrogens (primary N) is 1. The minimum absolute atomic E-state index is 0.251. The van der Waals surface area contributed by atoms with Crippen molar-refractivity contribution in [1.29, 1.82) is 0 Å². The molecule has 1 atom stereocenters. The Bertz CT molecular complexity index is 294. The van der Waals surface area contributed by atoms with Crippen LogP contribution in [0.25, 0.3) is 0 Å². The van der Waals surface area contributed by atoms with E-state index >= 15 is 0 Å². The fraction of sp³-hybridized carbons (Fsp3) is 0.333. The van der Waals surface area contributed by atoms with E-state index in [-0.39, 0.29) is 6.10 Å². The van der Waals surface area contributed by atoms with Crippen molar-refractivity contribution in [2.24, 2.45) is 0 Å². The molecule has 1 heterocycles. The second-order valence-electron chi connectivity index (χ2n) is 3.08. The number of hydrogen-bond acceptors (Lipinski definition) is 2. The van der Waals surface area contributed by atoms with Crippen LogP contribution in [0.5, 0.6) is 5.75 Å². The van der Waals surface area contributed by atoms with Crippen LogP contribution in [0.2, 0.25) is 0 Å². The van der Waals surface area contributed by atoms with Crippen LogP contribution in [-0.4, -0.2) is 6.10 Å². The monoisotopic (exact) mass is 227 g/mol. The maximum atomic E-state index is 5.80. The molecule has 1 unspecified atom stereocenters. The molecule has 2 rings (SSSR count). The van der Waals surface area contributed by atoms with Gasteiger partial charge in [0.2, 0.25) is 0 Å². The molecule has 0 saturated carbocycles. The van der Waals surface area contributed by atoms with Gasteiger partial charge in [0.05, 0.1) is 4.47 Å². The number of anilines is 1. The van der Waals surface area contributed by atoms with Crippen molar-refractivity contribution in [3.05, 3.63) is 22.2 Å². The van der Waals surface area contributed by atoms with Gasteiger partial charge in [0, 0.05) is 17.7 Å². The number of ether oxygens (including phenoxy) is 1. The van der Waals surface area contributed by atoms with Gasteiger partial charge in [0.25, 0.3) is 0 Å². The summed E-state index contributed by atoms with van der Waals surface area (Å²) >= 11 is 3.43. The Morgan fingerprint density at radius 3 is 3.00 bits per heavy atom. The van der Waals surface area contributed by atoms with E-state index in [1.165, 1.54) is 0 Å². The third kappa shape index (κ3) is 1.08. The van der Waals surface area contributed by atoms with Gasteiger partial charge in [-0.1, -0.05) is 0 Å². The molecule has 1 aromatic rings. The van der Waals surface area contributed by atoms with Crippen molar-refractivity contribution in [1.82, 2.24) is 0 Å². The highest BCUT2D eigenvalue weighted by molar-refractivity contribution is 9.10. The molecule has 1 aliphatic heterocycles. The molecule has 0 aromatic heterocycles. The predicted octanol–water partition coefficient (Wildman–Crippen LogP) is 2.35. The predicted molar refractivity (Wildman–Crippen MR) is 52.3 cm³/mol. The van der Waals surface area contributed by atoms with Crippen LogP contribution in [0.1, 0.15) is 12.5 Å². The van der Waals surface area contributed by atoms with Crippen molar-refractivity contribution in [3.63, 3.8) is 0 Å². The molecule has 0 bridgehead atoms. The quantitative estimate of drug-likeness (QED) is 0.691. The van der Waals surface area contributed by atoms with Crippen LogP contribution >= 0.6 is 15.9 Å². The third-order valence-electron chi connectivity index (χ3n) is 2.06. The maximum Gasteiger partial charge on any atom is 0.139 e. The van der Waals surface area contributed by atoms with Gasteiger partial charge in [0.15, 0.2) is 0 Å². The molecule has 2 nitrogen and oxygen atoms in total. The molecule has 0 amide bonds. The highest BCUT2D eigenvalue weighted by Gasteiger charge is 2.23. The first-order valence-electron chi connectivity index (χ1n) is 3.92. The summed E-state index contributed by atoms with van der Waals surface area (Å²) in [6.45, 7) is 2.05. The van der Waals surface area contributed by atoms with Crippen LogP contribution in [-0.2, 0) is 6.42 Å². The molecule has 1 aromatic carbocycles. The van der Waals surface area contributed by atoms with Crippen molar-refractivity contribution in [3.8, 4) is 5.75 Å². The van der Waals surface area contributed by atoms with E-state index in [0.717, 1.165) is 27.9 Å². The summed E-state index contributed by atoms with van der Waals surface area (Å²) in [5.41, 5.74) is 7.77. The standard InChI is InChI=1S/C9H10BrNO/c1-5-4-6-8(11)3-2-7(10)9(6)12-5/h2-3,5H,4,11H2,1H3. The van der Waals surface area contributed by atoms with E-state index in [0.29, 0.717) is 0 Å². The molecular weight excluding hydrogens is 218 g/mol. The lowest BCUT2D eigenvalue weighted by molar-refractivity contribution is 0.253. The number of nitrogen functional groups attached to an aromatic ring is 1. The minimum Gasteiger partial charge on any atom is -0.489 e. The van der Waals surface area contributed by atoms with Crippen molar-refractivity contribution in [2.75, 3.05) is 5.73 Å². The van der Waals surface area contributed by atoms with Gasteiger partial charge >= 0.3 is 0 Å². The van der Waals surface area contributed by atoms with Gasteiger partial charge in [0.1, 0.15) is 11.9 Å². The Morgan fingerprint density at radius 1 is 1.58 bits per heavy atom. The molecule has 0 fully saturated rings. The average Bonchev–Trinajstić information content (AvgIpc) is 2.41. The van der Waals surface area contributed by atoms with E-state index in [2.05, 4.69) is 15.9 Å². The first-order valence-corrected chi connectivity index (χ1v) is 4.71. The maximum absolute atomic E-state index is 5.80. The second kappa shape index (κ2) is 2.66. The molecular formula is C9H10BrNO. The summed E-state index contributed by atoms with van der Waals surface area (Å²) < 4.78 is 6.59. The Kier molecular flexibility index (Phi) is 1.76. The summed E-state index contributed by atoms with van der Waals surface area (Å²) in [5, 5.41) is 0. The number of rotatable bonds is 0. The van der Waals surface area contributed by atoms with Crippen LogP contribution in [0.15, 0.2) is 16.6 Å². The Labute approximate surface area is 79.8 Å². The first-order chi connectivity index (χ1) is 5.68. The molecule has 0 saturated heterocycles. The van der Waals surface area contributed by atoms with Crippen molar-refractivity contribution < 1.29 is 4.74 Å². The number of halogens is 1. The normalized spacial score (nSPS) is 20.3. The van der Waals surface area contributed by atoms with Gasteiger partial charge in [-0.2, -0.15) is 0 Å². The Morgan fingerprint density at radius 2 is 2.33 bits per heavy atom. The lowest BCUT2D eigenvalue weighted by Gasteiger charge is -2.04. The topological polar surface area (TPSA) is 35.2 Å². The molecule has 2 N–H and O–H groups in total. The lowest BCUT2D eigenvalue weighted by Crippen LogP contribution is -2.05. The van der Waals surface area contributed by atoms with Gasteiger partial charge in [-0.25, -0.2) is 0 Å². The van der Waals surface area contributed by atoms with Crippen LogP contribution < -0.4 is 10.5 Å². The van der Waals surface area contributed by atoms with E-state index in [1.54, 1.807) is 0 Å². The van der Waals surface area contributed by atoms with Crippen LogP contribution in [0.4, 0.5) is 5.69 Å². The first kappa shape index (κ1) is 7.92. The molecule has 0 spiro atoms. The van der Waals surface area contributed by atoms with Crippen LogP contribution in [0.3, 0.4) is 0 Å². The molecule has 0 aliphatic carbocycles.